The third-order valence-corrected chi connectivity index (χ3v) is 6.56. The molecule has 2 aliphatic carbocycles. The van der Waals surface area contributed by atoms with Gasteiger partial charge in [0.25, 0.3) is 0 Å². The molecule has 0 radical (unpaired) electrons. The van der Waals surface area contributed by atoms with Gasteiger partial charge in [-0.25, -0.2) is 13.2 Å². The summed E-state index contributed by atoms with van der Waals surface area (Å²) in [7, 11) is 0. The second-order valence-electron chi connectivity index (χ2n) is 8.19. The van der Waals surface area contributed by atoms with Gasteiger partial charge < -0.3 is 0 Å². The van der Waals surface area contributed by atoms with Gasteiger partial charge in [-0.3, -0.25) is 0 Å². The van der Waals surface area contributed by atoms with Crippen molar-refractivity contribution in [1.29, 1.82) is 5.26 Å². The summed E-state index contributed by atoms with van der Waals surface area (Å²) in [5.74, 6) is 1.96. The van der Waals surface area contributed by atoms with Crippen molar-refractivity contribution < 1.29 is 13.2 Å². The summed E-state index contributed by atoms with van der Waals surface area (Å²) in [5.41, 5.74) is 1.14. The molecule has 3 rings (SSSR count). The lowest BCUT2D eigenvalue weighted by atomic mass is 9.68. The van der Waals surface area contributed by atoms with E-state index < -0.39 is 12.2 Å². The molecule has 2 aliphatic rings. The Labute approximate surface area is 160 Å². The van der Waals surface area contributed by atoms with Crippen LogP contribution in [0.15, 0.2) is 30.4 Å². The van der Waals surface area contributed by atoms with Crippen LogP contribution in [0.4, 0.5) is 13.2 Å². The molecule has 1 aromatic rings. The first-order valence-electron chi connectivity index (χ1n) is 10.2. The predicted molar refractivity (Wildman–Crippen MR) is 101 cm³/mol. The molecule has 1 nitrogen and oxygen atoms in total. The summed E-state index contributed by atoms with van der Waals surface area (Å²) >= 11 is 0. The average molecular weight is 375 g/mol. The molecule has 146 valence electrons. The van der Waals surface area contributed by atoms with Crippen LogP contribution in [-0.4, -0.2) is 6.43 Å². The van der Waals surface area contributed by atoms with Crippen LogP contribution in [0.25, 0.3) is 0 Å². The average Bonchev–Trinajstić information content (AvgIpc) is 2.68. The van der Waals surface area contributed by atoms with Gasteiger partial charge in [0.1, 0.15) is 11.9 Å². The molecule has 0 amide bonds. The van der Waals surface area contributed by atoms with Gasteiger partial charge in [-0.15, -0.1) is 0 Å². The highest BCUT2D eigenvalue weighted by molar-refractivity contribution is 5.34. The first kappa shape index (κ1) is 20.0. The van der Waals surface area contributed by atoms with Gasteiger partial charge in [-0.05, 0) is 92.7 Å². The van der Waals surface area contributed by atoms with E-state index in [2.05, 4.69) is 0 Å². The van der Waals surface area contributed by atoms with Crippen LogP contribution in [0.3, 0.4) is 0 Å². The van der Waals surface area contributed by atoms with Crippen molar-refractivity contribution >= 4 is 0 Å². The summed E-state index contributed by atoms with van der Waals surface area (Å²) in [5, 5.41) is 8.86. The quantitative estimate of drug-likeness (QED) is 0.509. The first-order valence-corrected chi connectivity index (χ1v) is 10.2. The molecule has 0 atom stereocenters. The van der Waals surface area contributed by atoms with Crippen LogP contribution in [0.2, 0.25) is 0 Å². The zero-order valence-corrected chi connectivity index (χ0v) is 15.7. The fourth-order valence-electron chi connectivity index (χ4n) is 4.98. The van der Waals surface area contributed by atoms with E-state index in [0.717, 1.165) is 43.1 Å². The van der Waals surface area contributed by atoms with Crippen molar-refractivity contribution in [3.05, 3.63) is 47.3 Å². The first-order chi connectivity index (χ1) is 13.1. The standard InChI is InChI=1S/C23H28F3N/c24-22-14-20(12-13-21(22)15-27)19-10-8-18(9-11-19)17-6-4-16(5-7-17)2-1-3-23(25)26/h1-2,12-14,16-19,23H,3-11H2/b2-1+. The summed E-state index contributed by atoms with van der Waals surface area (Å²) in [6.45, 7) is 0. The molecule has 0 heterocycles. The zero-order valence-electron chi connectivity index (χ0n) is 15.7. The van der Waals surface area contributed by atoms with E-state index in [0.29, 0.717) is 11.8 Å². The number of halogens is 3. The van der Waals surface area contributed by atoms with E-state index in [4.69, 9.17) is 5.26 Å². The molecule has 0 spiro atoms. The maximum atomic E-state index is 13.9. The SMILES string of the molecule is N#Cc1ccc(C2CCC(C3CCC(/C=C/CC(F)F)CC3)CC2)cc1F. The van der Waals surface area contributed by atoms with Crippen molar-refractivity contribution in [1.82, 2.24) is 0 Å². The number of nitriles is 1. The molecule has 0 aliphatic heterocycles. The van der Waals surface area contributed by atoms with Crippen LogP contribution in [-0.2, 0) is 0 Å². The van der Waals surface area contributed by atoms with E-state index in [1.807, 2.05) is 18.2 Å². The second kappa shape index (κ2) is 9.44. The summed E-state index contributed by atoms with van der Waals surface area (Å²) in [6, 6.07) is 6.93. The van der Waals surface area contributed by atoms with Gasteiger partial charge in [0.15, 0.2) is 0 Å². The van der Waals surface area contributed by atoms with Crippen LogP contribution in [0, 0.1) is 34.9 Å². The van der Waals surface area contributed by atoms with Gasteiger partial charge in [-0.2, -0.15) is 5.26 Å². The fraction of sp³-hybridized carbons (Fsp3) is 0.609. The van der Waals surface area contributed by atoms with E-state index in [-0.39, 0.29) is 12.0 Å². The highest BCUT2D eigenvalue weighted by Crippen LogP contribution is 2.44. The second-order valence-corrected chi connectivity index (χ2v) is 8.19. The Kier molecular flexibility index (Phi) is 6.99. The van der Waals surface area contributed by atoms with Crippen LogP contribution in [0.5, 0.6) is 0 Å². The monoisotopic (exact) mass is 375 g/mol. The number of nitrogens with zero attached hydrogens (tertiary/aromatic N) is 1. The van der Waals surface area contributed by atoms with Gasteiger partial charge in [0.2, 0.25) is 6.43 Å². The number of hydrogen-bond acceptors (Lipinski definition) is 1. The maximum Gasteiger partial charge on any atom is 0.242 e. The topological polar surface area (TPSA) is 23.8 Å². The fourth-order valence-corrected chi connectivity index (χ4v) is 4.98. The Hall–Kier alpha value is -1.76. The van der Waals surface area contributed by atoms with Crippen molar-refractivity contribution in [3.8, 4) is 6.07 Å². The van der Waals surface area contributed by atoms with Gasteiger partial charge in [0.05, 0.1) is 5.56 Å². The molecule has 1 aromatic carbocycles. The van der Waals surface area contributed by atoms with E-state index in [1.54, 1.807) is 18.2 Å². The van der Waals surface area contributed by atoms with Crippen LogP contribution in [0.1, 0.15) is 74.8 Å². The number of allylic oxidation sites excluding steroid dienone is 2. The molecular weight excluding hydrogens is 347 g/mol. The largest absolute Gasteiger partial charge is 0.242 e. The Morgan fingerprint density at radius 3 is 2.19 bits per heavy atom. The van der Waals surface area contributed by atoms with E-state index in [9.17, 15) is 13.2 Å². The molecular formula is C23H28F3N. The highest BCUT2D eigenvalue weighted by Gasteiger charge is 2.31. The third-order valence-electron chi connectivity index (χ3n) is 6.56. The van der Waals surface area contributed by atoms with Crippen molar-refractivity contribution in [2.75, 3.05) is 0 Å². The summed E-state index contributed by atoms with van der Waals surface area (Å²) in [6.07, 6.45) is 10.5. The molecule has 0 N–H and O–H groups in total. The minimum Gasteiger partial charge on any atom is -0.210 e. The molecule has 0 bridgehead atoms. The van der Waals surface area contributed by atoms with Crippen molar-refractivity contribution in [2.24, 2.45) is 17.8 Å². The molecule has 0 aromatic heterocycles. The number of benzene rings is 1. The van der Waals surface area contributed by atoms with Gasteiger partial charge >= 0.3 is 0 Å². The Bertz CT molecular complexity index is 675. The third kappa shape index (κ3) is 5.37. The summed E-state index contributed by atoms with van der Waals surface area (Å²) in [4.78, 5) is 0. The Balaban J connectivity index is 1.45. The number of rotatable bonds is 5. The van der Waals surface area contributed by atoms with Gasteiger partial charge in [0, 0.05) is 6.42 Å². The van der Waals surface area contributed by atoms with Crippen molar-refractivity contribution in [3.63, 3.8) is 0 Å². The minimum atomic E-state index is -2.24. The smallest absolute Gasteiger partial charge is 0.210 e. The minimum absolute atomic E-state index is 0.117. The summed E-state index contributed by atoms with van der Waals surface area (Å²) < 4.78 is 38.3. The van der Waals surface area contributed by atoms with Gasteiger partial charge in [-0.1, -0.05) is 18.2 Å². The normalized spacial score (nSPS) is 29.1. The predicted octanol–water partition coefficient (Wildman–Crippen LogP) is 6.99. The molecule has 27 heavy (non-hydrogen) atoms. The number of alkyl halides is 2. The maximum absolute atomic E-state index is 13.9. The van der Waals surface area contributed by atoms with E-state index in [1.165, 1.54) is 25.7 Å². The molecule has 0 unspecified atom stereocenters. The lowest BCUT2D eigenvalue weighted by molar-refractivity contribution is 0.151. The molecule has 2 fully saturated rings. The molecule has 0 saturated heterocycles. The Morgan fingerprint density at radius 1 is 1.00 bits per heavy atom. The number of hydrogen-bond donors (Lipinski definition) is 0. The van der Waals surface area contributed by atoms with Crippen LogP contribution < -0.4 is 0 Å². The molecule has 2 saturated carbocycles. The van der Waals surface area contributed by atoms with Crippen LogP contribution >= 0.6 is 0 Å². The highest BCUT2D eigenvalue weighted by atomic mass is 19.3. The van der Waals surface area contributed by atoms with Crippen molar-refractivity contribution in [2.45, 2.75) is 70.1 Å². The lowest BCUT2D eigenvalue weighted by Gasteiger charge is -2.37. The molecule has 4 heteroatoms. The van der Waals surface area contributed by atoms with E-state index >= 15 is 0 Å². The lowest BCUT2D eigenvalue weighted by Crippen LogP contribution is -2.25. The Morgan fingerprint density at radius 2 is 1.63 bits per heavy atom. The zero-order chi connectivity index (χ0) is 19.2.